The van der Waals surface area contributed by atoms with Gasteiger partial charge in [-0.25, -0.2) is 0 Å². The molecule has 0 unspecified atom stereocenters. The van der Waals surface area contributed by atoms with Crippen molar-refractivity contribution in [3.63, 3.8) is 0 Å². The van der Waals surface area contributed by atoms with Crippen LogP contribution in [0.25, 0.3) is 0 Å². The summed E-state index contributed by atoms with van der Waals surface area (Å²) in [5.74, 6) is 0.738. The molecule has 0 fully saturated rings. The van der Waals surface area contributed by atoms with Crippen LogP contribution in [-0.2, 0) is 0 Å². The third kappa shape index (κ3) is 1.80. The van der Waals surface area contributed by atoms with Gasteiger partial charge in [-0.05, 0) is 31.0 Å². The average Bonchev–Trinajstić information content (AvgIpc) is 2.02. The largest absolute Gasteiger partial charge is 0.496 e. The molecule has 1 rings (SSSR count). The van der Waals surface area contributed by atoms with Gasteiger partial charge in [0.05, 0.1) is 12.7 Å². The van der Waals surface area contributed by atoms with Gasteiger partial charge < -0.3 is 10.5 Å². The van der Waals surface area contributed by atoms with Gasteiger partial charge in [0.15, 0.2) is 0 Å². The Kier molecular flexibility index (Phi) is 2.56. The molecular formula is C10H14N2O. The normalized spacial score (nSPS) is 9.77. The van der Waals surface area contributed by atoms with Crippen molar-refractivity contribution >= 4 is 5.84 Å². The molecule has 0 amide bonds. The van der Waals surface area contributed by atoms with Crippen molar-refractivity contribution in [3.8, 4) is 5.75 Å². The summed E-state index contributed by atoms with van der Waals surface area (Å²) >= 11 is 0. The molecule has 70 valence electrons. The molecule has 13 heavy (non-hydrogen) atoms. The van der Waals surface area contributed by atoms with Crippen molar-refractivity contribution in [2.45, 2.75) is 13.8 Å². The molecule has 0 heterocycles. The Morgan fingerprint density at radius 3 is 2.46 bits per heavy atom. The molecule has 0 aliphatic rings. The zero-order valence-corrected chi connectivity index (χ0v) is 8.14. The Morgan fingerprint density at radius 2 is 2.00 bits per heavy atom. The van der Waals surface area contributed by atoms with E-state index < -0.39 is 0 Å². The smallest absolute Gasteiger partial charge is 0.132 e. The monoisotopic (exact) mass is 178 g/mol. The van der Waals surface area contributed by atoms with Gasteiger partial charge in [-0.2, -0.15) is 0 Å². The van der Waals surface area contributed by atoms with E-state index in [4.69, 9.17) is 15.9 Å². The molecule has 3 heteroatoms. The highest BCUT2D eigenvalue weighted by molar-refractivity contribution is 5.98. The summed E-state index contributed by atoms with van der Waals surface area (Å²) in [5, 5.41) is 7.37. The van der Waals surface area contributed by atoms with Crippen LogP contribution >= 0.6 is 0 Å². The zero-order chi connectivity index (χ0) is 10.0. The Balaban J connectivity index is 3.38. The minimum absolute atomic E-state index is 0.0450. The van der Waals surface area contributed by atoms with Crippen LogP contribution in [0.2, 0.25) is 0 Å². The summed E-state index contributed by atoms with van der Waals surface area (Å²) in [4.78, 5) is 0. The van der Waals surface area contributed by atoms with Gasteiger partial charge >= 0.3 is 0 Å². The number of methoxy groups -OCH3 is 1. The maximum Gasteiger partial charge on any atom is 0.132 e. The second kappa shape index (κ2) is 3.47. The Labute approximate surface area is 78.0 Å². The van der Waals surface area contributed by atoms with Crippen LogP contribution in [-0.4, -0.2) is 12.9 Å². The van der Waals surface area contributed by atoms with E-state index in [1.54, 1.807) is 7.11 Å². The second-order valence-corrected chi connectivity index (χ2v) is 3.08. The van der Waals surface area contributed by atoms with E-state index in [1.165, 1.54) is 0 Å². The number of amidine groups is 1. The average molecular weight is 178 g/mol. The molecule has 0 saturated carbocycles. The number of aryl methyl sites for hydroxylation is 2. The topological polar surface area (TPSA) is 59.1 Å². The molecule has 3 nitrogen and oxygen atoms in total. The van der Waals surface area contributed by atoms with Crippen LogP contribution in [0.4, 0.5) is 0 Å². The molecule has 0 spiro atoms. The highest BCUT2D eigenvalue weighted by atomic mass is 16.5. The molecule has 0 aliphatic heterocycles. The number of nitrogen functional groups attached to an aromatic ring is 1. The molecule has 3 N–H and O–H groups in total. The second-order valence-electron chi connectivity index (χ2n) is 3.08. The fraction of sp³-hybridized carbons (Fsp3) is 0.300. The first-order valence-electron chi connectivity index (χ1n) is 4.06. The Bertz CT molecular complexity index is 345. The maximum absolute atomic E-state index is 7.37. The van der Waals surface area contributed by atoms with Crippen LogP contribution < -0.4 is 10.5 Å². The molecule has 0 aromatic heterocycles. The maximum atomic E-state index is 7.37. The standard InChI is InChI=1S/C10H14N2O/c1-6-4-7(2)9(13-3)8(5-6)10(11)12/h4-5H,1-3H3,(H3,11,12). The number of ether oxygens (including phenoxy) is 1. The quantitative estimate of drug-likeness (QED) is 0.533. The van der Waals surface area contributed by atoms with Gasteiger partial charge in [-0.15, -0.1) is 0 Å². The van der Waals surface area contributed by atoms with Crippen molar-refractivity contribution in [1.29, 1.82) is 5.41 Å². The highest BCUT2D eigenvalue weighted by Crippen LogP contribution is 2.24. The fourth-order valence-corrected chi connectivity index (χ4v) is 1.43. The molecule has 1 aromatic rings. The number of nitrogens with one attached hydrogen (secondary N) is 1. The van der Waals surface area contributed by atoms with Crippen molar-refractivity contribution in [1.82, 2.24) is 0 Å². The van der Waals surface area contributed by atoms with E-state index in [0.717, 1.165) is 11.1 Å². The lowest BCUT2D eigenvalue weighted by atomic mass is 10.1. The van der Waals surface area contributed by atoms with Gasteiger partial charge in [0.2, 0.25) is 0 Å². The Hall–Kier alpha value is -1.51. The molecule has 0 atom stereocenters. The molecule has 0 bridgehead atoms. The van der Waals surface area contributed by atoms with Gasteiger partial charge in [0.25, 0.3) is 0 Å². The van der Waals surface area contributed by atoms with E-state index in [0.29, 0.717) is 11.3 Å². The predicted octanol–water partition coefficient (Wildman–Crippen LogP) is 1.60. The van der Waals surface area contributed by atoms with Crippen LogP contribution in [0.5, 0.6) is 5.75 Å². The summed E-state index contributed by atoms with van der Waals surface area (Å²) in [7, 11) is 1.59. The van der Waals surface area contributed by atoms with Crippen molar-refractivity contribution in [3.05, 3.63) is 28.8 Å². The van der Waals surface area contributed by atoms with E-state index in [2.05, 4.69) is 0 Å². The lowest BCUT2D eigenvalue weighted by molar-refractivity contribution is 0.410. The number of nitrogens with two attached hydrogens (primary N) is 1. The molecule has 1 aromatic carbocycles. The zero-order valence-electron chi connectivity index (χ0n) is 8.14. The fourth-order valence-electron chi connectivity index (χ4n) is 1.43. The lowest BCUT2D eigenvalue weighted by Gasteiger charge is -2.11. The summed E-state index contributed by atoms with van der Waals surface area (Å²) in [6.45, 7) is 3.91. The van der Waals surface area contributed by atoms with Gasteiger partial charge in [0.1, 0.15) is 11.6 Å². The summed E-state index contributed by atoms with van der Waals surface area (Å²) in [5.41, 5.74) is 8.19. The summed E-state index contributed by atoms with van der Waals surface area (Å²) in [6, 6.07) is 3.86. The third-order valence-corrected chi connectivity index (χ3v) is 1.91. The van der Waals surface area contributed by atoms with E-state index in [9.17, 15) is 0 Å². The first kappa shape index (κ1) is 9.58. The van der Waals surface area contributed by atoms with Crippen LogP contribution in [0.1, 0.15) is 16.7 Å². The predicted molar refractivity (Wildman–Crippen MR) is 53.5 cm³/mol. The minimum Gasteiger partial charge on any atom is -0.496 e. The third-order valence-electron chi connectivity index (χ3n) is 1.91. The highest BCUT2D eigenvalue weighted by Gasteiger charge is 2.09. The van der Waals surface area contributed by atoms with E-state index >= 15 is 0 Å². The van der Waals surface area contributed by atoms with Gasteiger partial charge in [-0.3, -0.25) is 5.41 Å². The number of benzene rings is 1. The van der Waals surface area contributed by atoms with Crippen molar-refractivity contribution in [2.24, 2.45) is 5.73 Å². The van der Waals surface area contributed by atoms with Crippen LogP contribution in [0.15, 0.2) is 12.1 Å². The van der Waals surface area contributed by atoms with Crippen molar-refractivity contribution < 1.29 is 4.74 Å². The van der Waals surface area contributed by atoms with Crippen LogP contribution in [0, 0.1) is 19.3 Å². The minimum atomic E-state index is 0.0450. The summed E-state index contributed by atoms with van der Waals surface area (Å²) < 4.78 is 5.17. The molecule has 0 saturated heterocycles. The molecule has 0 radical (unpaired) electrons. The summed E-state index contributed by atoms with van der Waals surface area (Å²) in [6.07, 6.45) is 0. The number of rotatable bonds is 2. The number of hydrogen-bond donors (Lipinski definition) is 2. The van der Waals surface area contributed by atoms with Gasteiger partial charge in [0, 0.05) is 0 Å². The number of hydrogen-bond acceptors (Lipinski definition) is 2. The molecule has 0 aliphatic carbocycles. The SMILES string of the molecule is COc1c(C)cc(C)cc1C(=N)N. The first-order chi connectivity index (χ1) is 6.06. The lowest BCUT2D eigenvalue weighted by Crippen LogP contribution is -2.13. The van der Waals surface area contributed by atoms with E-state index in [-0.39, 0.29) is 5.84 Å². The van der Waals surface area contributed by atoms with Crippen molar-refractivity contribution in [2.75, 3.05) is 7.11 Å². The first-order valence-corrected chi connectivity index (χ1v) is 4.06. The molecular weight excluding hydrogens is 164 g/mol. The van der Waals surface area contributed by atoms with Gasteiger partial charge in [-0.1, -0.05) is 6.07 Å². The Morgan fingerprint density at radius 1 is 1.38 bits per heavy atom. The van der Waals surface area contributed by atoms with E-state index in [1.807, 2.05) is 26.0 Å². The van der Waals surface area contributed by atoms with Crippen LogP contribution in [0.3, 0.4) is 0 Å².